The van der Waals surface area contributed by atoms with Gasteiger partial charge in [-0.1, -0.05) is 13.3 Å². The van der Waals surface area contributed by atoms with Crippen molar-refractivity contribution in [3.63, 3.8) is 0 Å². The Kier molecular flexibility index (Phi) is 6.65. The van der Waals surface area contributed by atoms with Crippen molar-refractivity contribution in [3.05, 3.63) is 0 Å². The second kappa shape index (κ2) is 7.75. The van der Waals surface area contributed by atoms with E-state index >= 15 is 0 Å². The molecule has 1 aliphatic rings. The van der Waals surface area contributed by atoms with Crippen molar-refractivity contribution < 1.29 is 19.4 Å². The lowest BCUT2D eigenvalue weighted by Crippen LogP contribution is -2.52. The van der Waals surface area contributed by atoms with Gasteiger partial charge >= 0.3 is 5.97 Å². The predicted octanol–water partition coefficient (Wildman–Crippen LogP) is 1.61. The Hall–Kier alpha value is -0.750. The molecule has 0 spiro atoms. The minimum Gasteiger partial charge on any atom is -0.479 e. The minimum atomic E-state index is -1.11. The summed E-state index contributed by atoms with van der Waals surface area (Å²) in [6.45, 7) is 3.06. The van der Waals surface area contributed by atoms with Crippen molar-refractivity contribution in [3.8, 4) is 0 Å². The van der Waals surface area contributed by atoms with E-state index in [0.717, 1.165) is 18.6 Å². The van der Waals surface area contributed by atoms with E-state index in [1.54, 1.807) is 16.7 Å². The van der Waals surface area contributed by atoms with Crippen LogP contribution in [0.2, 0.25) is 0 Å². The van der Waals surface area contributed by atoms with Crippen LogP contribution in [-0.4, -0.2) is 59.2 Å². The molecule has 1 fully saturated rings. The van der Waals surface area contributed by atoms with Gasteiger partial charge in [0.1, 0.15) is 0 Å². The van der Waals surface area contributed by atoms with Gasteiger partial charge in [-0.25, -0.2) is 4.79 Å². The molecule has 5 nitrogen and oxygen atoms in total. The molecule has 1 heterocycles. The molecule has 0 radical (unpaired) electrons. The van der Waals surface area contributed by atoms with E-state index in [-0.39, 0.29) is 5.91 Å². The maximum atomic E-state index is 11.9. The standard InChI is InChI=1S/C13H23NO4S/c1-3-4-9-19-10-11(15)14-7-5-13(18-2,6-8-14)12(16)17/h3-10H2,1-2H3,(H,16,17). The van der Waals surface area contributed by atoms with Gasteiger partial charge in [0.2, 0.25) is 5.91 Å². The van der Waals surface area contributed by atoms with Gasteiger partial charge in [0.25, 0.3) is 0 Å². The van der Waals surface area contributed by atoms with E-state index in [1.165, 1.54) is 7.11 Å². The maximum absolute atomic E-state index is 11.9. The average Bonchev–Trinajstić information content (AvgIpc) is 2.43. The lowest BCUT2D eigenvalue weighted by atomic mass is 9.91. The van der Waals surface area contributed by atoms with E-state index in [9.17, 15) is 14.7 Å². The molecule has 0 atom stereocenters. The molecule has 1 aliphatic heterocycles. The Bertz CT molecular complexity index is 314. The van der Waals surface area contributed by atoms with Crippen LogP contribution in [0.5, 0.6) is 0 Å². The van der Waals surface area contributed by atoms with E-state index in [0.29, 0.717) is 31.7 Å². The molecule has 0 aromatic heterocycles. The van der Waals surface area contributed by atoms with Gasteiger partial charge in [-0.3, -0.25) is 4.79 Å². The molecule has 1 saturated heterocycles. The van der Waals surface area contributed by atoms with Gasteiger partial charge in [0.15, 0.2) is 5.60 Å². The summed E-state index contributed by atoms with van der Waals surface area (Å²) in [5.74, 6) is 0.677. The molecule has 19 heavy (non-hydrogen) atoms. The number of carbonyl (C=O) groups is 2. The lowest BCUT2D eigenvalue weighted by Gasteiger charge is -2.37. The first-order valence-corrected chi connectivity index (χ1v) is 7.85. The van der Waals surface area contributed by atoms with Crippen LogP contribution in [-0.2, 0) is 14.3 Å². The molecule has 0 aromatic rings. The van der Waals surface area contributed by atoms with E-state index in [4.69, 9.17) is 4.74 Å². The molecule has 1 N–H and O–H groups in total. The van der Waals surface area contributed by atoms with Gasteiger partial charge in [-0.2, -0.15) is 11.8 Å². The quantitative estimate of drug-likeness (QED) is 0.721. The summed E-state index contributed by atoms with van der Waals surface area (Å²) in [6, 6.07) is 0. The van der Waals surface area contributed by atoms with E-state index < -0.39 is 11.6 Å². The Balaban J connectivity index is 2.36. The van der Waals surface area contributed by atoms with Crippen LogP contribution < -0.4 is 0 Å². The number of hydrogen-bond donors (Lipinski definition) is 1. The Morgan fingerprint density at radius 2 is 2.00 bits per heavy atom. The molecule has 6 heteroatoms. The van der Waals surface area contributed by atoms with Crippen LogP contribution in [0.15, 0.2) is 0 Å². The highest BCUT2D eigenvalue weighted by molar-refractivity contribution is 7.99. The number of ether oxygens (including phenoxy) is 1. The normalized spacial score (nSPS) is 18.3. The van der Waals surface area contributed by atoms with Gasteiger partial charge < -0.3 is 14.7 Å². The van der Waals surface area contributed by atoms with Crippen LogP contribution in [0.4, 0.5) is 0 Å². The van der Waals surface area contributed by atoms with E-state index in [1.807, 2.05) is 0 Å². The Morgan fingerprint density at radius 1 is 1.37 bits per heavy atom. The number of thioether (sulfide) groups is 1. The molecule has 0 aliphatic carbocycles. The third-order valence-electron chi connectivity index (χ3n) is 3.57. The van der Waals surface area contributed by atoms with Gasteiger partial charge in [0, 0.05) is 33.0 Å². The summed E-state index contributed by atoms with van der Waals surface area (Å²) in [6.07, 6.45) is 3.00. The minimum absolute atomic E-state index is 0.108. The maximum Gasteiger partial charge on any atom is 0.336 e. The molecule has 1 amide bonds. The highest BCUT2D eigenvalue weighted by atomic mass is 32.2. The van der Waals surface area contributed by atoms with Crippen LogP contribution in [0.1, 0.15) is 32.6 Å². The highest BCUT2D eigenvalue weighted by Crippen LogP contribution is 2.26. The third-order valence-corrected chi connectivity index (χ3v) is 4.60. The number of carboxylic acid groups (broad SMARTS) is 1. The number of carboxylic acids is 1. The van der Waals surface area contributed by atoms with Crippen LogP contribution in [0.3, 0.4) is 0 Å². The highest BCUT2D eigenvalue weighted by Gasteiger charge is 2.42. The summed E-state index contributed by atoms with van der Waals surface area (Å²) in [4.78, 5) is 24.9. The van der Waals surface area contributed by atoms with Crippen LogP contribution in [0.25, 0.3) is 0 Å². The fraction of sp³-hybridized carbons (Fsp3) is 0.846. The van der Waals surface area contributed by atoms with Gasteiger partial charge in [-0.05, 0) is 12.2 Å². The summed E-state index contributed by atoms with van der Waals surface area (Å²) >= 11 is 1.65. The fourth-order valence-electron chi connectivity index (χ4n) is 2.12. The zero-order valence-electron chi connectivity index (χ0n) is 11.7. The number of unbranched alkanes of at least 4 members (excludes halogenated alkanes) is 1. The first kappa shape index (κ1) is 16.3. The molecule has 0 saturated carbocycles. The number of methoxy groups -OCH3 is 1. The van der Waals surface area contributed by atoms with Crippen molar-refractivity contribution in [2.75, 3.05) is 31.7 Å². The summed E-state index contributed by atoms with van der Waals surface area (Å²) in [5.41, 5.74) is -1.11. The SMILES string of the molecule is CCCCSCC(=O)N1CCC(OC)(C(=O)O)CC1. The molecule has 1 rings (SSSR count). The average molecular weight is 289 g/mol. The number of piperidine rings is 1. The monoisotopic (exact) mass is 289 g/mol. The van der Waals surface area contributed by atoms with Crippen molar-refractivity contribution in [1.82, 2.24) is 4.90 Å². The zero-order chi connectivity index (χ0) is 14.3. The summed E-state index contributed by atoms with van der Waals surface area (Å²) in [7, 11) is 1.42. The first-order chi connectivity index (χ1) is 9.05. The lowest BCUT2D eigenvalue weighted by molar-refractivity contribution is -0.169. The Labute approximate surface area is 118 Å². The second-order valence-corrected chi connectivity index (χ2v) is 5.90. The van der Waals surface area contributed by atoms with Crippen molar-refractivity contribution in [2.24, 2.45) is 0 Å². The Morgan fingerprint density at radius 3 is 2.47 bits per heavy atom. The number of amides is 1. The number of hydrogen-bond acceptors (Lipinski definition) is 4. The van der Waals surface area contributed by atoms with Crippen molar-refractivity contribution >= 4 is 23.6 Å². The van der Waals surface area contributed by atoms with Gasteiger partial charge in [-0.15, -0.1) is 0 Å². The third kappa shape index (κ3) is 4.38. The predicted molar refractivity (Wildman–Crippen MR) is 75.4 cm³/mol. The fourth-order valence-corrected chi connectivity index (χ4v) is 3.11. The molecule has 0 unspecified atom stereocenters. The molecule has 110 valence electrons. The molecule has 0 aromatic carbocycles. The molecular weight excluding hydrogens is 266 g/mol. The van der Waals surface area contributed by atoms with Crippen LogP contribution in [0, 0.1) is 0 Å². The summed E-state index contributed by atoms with van der Waals surface area (Å²) in [5, 5.41) is 9.18. The number of aliphatic carboxylic acids is 1. The number of likely N-dealkylation sites (tertiary alicyclic amines) is 1. The van der Waals surface area contributed by atoms with Crippen molar-refractivity contribution in [2.45, 2.75) is 38.2 Å². The van der Waals surface area contributed by atoms with Crippen molar-refractivity contribution in [1.29, 1.82) is 0 Å². The number of carbonyl (C=O) groups excluding carboxylic acids is 1. The zero-order valence-corrected chi connectivity index (χ0v) is 12.5. The van der Waals surface area contributed by atoms with E-state index in [2.05, 4.69) is 6.92 Å². The number of rotatable bonds is 7. The smallest absolute Gasteiger partial charge is 0.336 e. The van der Waals surface area contributed by atoms with Gasteiger partial charge in [0.05, 0.1) is 5.75 Å². The molecular formula is C13H23NO4S. The largest absolute Gasteiger partial charge is 0.479 e. The second-order valence-electron chi connectivity index (χ2n) is 4.79. The number of nitrogens with zero attached hydrogens (tertiary/aromatic N) is 1. The summed E-state index contributed by atoms with van der Waals surface area (Å²) < 4.78 is 5.14. The van der Waals surface area contributed by atoms with Crippen LogP contribution >= 0.6 is 11.8 Å². The molecule has 0 bridgehead atoms. The topological polar surface area (TPSA) is 66.8 Å². The first-order valence-electron chi connectivity index (χ1n) is 6.70.